The number of guanidine groups is 1. The number of hydrogen-bond acceptors (Lipinski definition) is 3. The van der Waals surface area contributed by atoms with E-state index in [9.17, 15) is 4.79 Å². The van der Waals surface area contributed by atoms with Crippen molar-refractivity contribution in [2.75, 3.05) is 46.8 Å². The van der Waals surface area contributed by atoms with Gasteiger partial charge in [0.2, 0.25) is 5.91 Å². The second-order valence-electron chi connectivity index (χ2n) is 8.50. The lowest BCUT2D eigenvalue weighted by atomic mass is 10.1. The maximum atomic E-state index is 11.9. The minimum Gasteiger partial charge on any atom is -0.361 e. The van der Waals surface area contributed by atoms with Crippen LogP contribution in [0.25, 0.3) is 10.9 Å². The third-order valence-electron chi connectivity index (χ3n) is 6.05. The van der Waals surface area contributed by atoms with E-state index in [2.05, 4.69) is 58.8 Å². The second kappa shape index (κ2) is 11.2. The number of aromatic nitrogens is 1. The summed E-state index contributed by atoms with van der Waals surface area (Å²) in [5.74, 6) is 1.06. The number of carbonyl (C=O) groups excluding carboxylic acids is 1. The fourth-order valence-electron chi connectivity index (χ4n) is 4.15. The lowest BCUT2D eigenvalue weighted by Crippen LogP contribution is -2.50. The first-order chi connectivity index (χ1) is 15.0. The van der Waals surface area contributed by atoms with Gasteiger partial charge in [-0.3, -0.25) is 14.7 Å². The number of carbonyl (C=O) groups is 1. The van der Waals surface area contributed by atoms with Crippen molar-refractivity contribution in [3.8, 4) is 0 Å². The Balaban J connectivity index is 1.52. The topological polar surface area (TPSA) is 75.8 Å². The second-order valence-corrected chi connectivity index (χ2v) is 8.50. The standard InChI is InChI=1S/C24H38N6O/c1-5-18-8-7-9-21-19(16-27-23(18)21)10-13-26-24(25-6-2)28-20-11-14-30(15-12-20)17-22(31)29(3)4/h7-9,16,20,27H,5-6,10-15,17H2,1-4H3,(H2,25,26,28). The number of nitrogens with zero attached hydrogens (tertiary/aromatic N) is 3. The Morgan fingerprint density at radius 3 is 2.68 bits per heavy atom. The van der Waals surface area contributed by atoms with Crippen molar-refractivity contribution in [3.63, 3.8) is 0 Å². The predicted molar refractivity (Wildman–Crippen MR) is 129 cm³/mol. The molecule has 3 rings (SSSR count). The molecule has 0 aliphatic carbocycles. The van der Waals surface area contributed by atoms with Crippen LogP contribution in [0.4, 0.5) is 0 Å². The zero-order valence-corrected chi connectivity index (χ0v) is 19.5. The Kier molecular flexibility index (Phi) is 8.35. The molecule has 0 unspecified atom stereocenters. The summed E-state index contributed by atoms with van der Waals surface area (Å²) in [5.41, 5.74) is 3.94. The van der Waals surface area contributed by atoms with Crippen molar-refractivity contribution in [2.24, 2.45) is 4.99 Å². The number of amides is 1. The van der Waals surface area contributed by atoms with Gasteiger partial charge in [0.1, 0.15) is 0 Å². The number of aryl methyl sites for hydroxylation is 1. The average Bonchev–Trinajstić information content (AvgIpc) is 3.18. The van der Waals surface area contributed by atoms with Crippen LogP contribution < -0.4 is 10.6 Å². The monoisotopic (exact) mass is 426 g/mol. The van der Waals surface area contributed by atoms with E-state index < -0.39 is 0 Å². The Morgan fingerprint density at radius 2 is 2.00 bits per heavy atom. The molecular formula is C24H38N6O. The van der Waals surface area contributed by atoms with Crippen LogP contribution in [0.1, 0.15) is 37.8 Å². The van der Waals surface area contributed by atoms with Gasteiger partial charge in [-0.2, -0.15) is 0 Å². The van der Waals surface area contributed by atoms with Crippen molar-refractivity contribution < 1.29 is 4.79 Å². The van der Waals surface area contributed by atoms with E-state index in [-0.39, 0.29) is 5.91 Å². The lowest BCUT2D eigenvalue weighted by Gasteiger charge is -2.33. The molecule has 1 amide bonds. The minimum absolute atomic E-state index is 0.171. The van der Waals surface area contributed by atoms with Gasteiger partial charge in [0, 0.05) is 63.4 Å². The molecule has 2 aromatic rings. The van der Waals surface area contributed by atoms with E-state index >= 15 is 0 Å². The number of aromatic amines is 1. The molecule has 1 aliphatic heterocycles. The van der Waals surface area contributed by atoms with Crippen LogP contribution in [0.5, 0.6) is 0 Å². The number of rotatable bonds is 8. The molecule has 7 nitrogen and oxygen atoms in total. The van der Waals surface area contributed by atoms with Crippen LogP contribution >= 0.6 is 0 Å². The molecule has 2 heterocycles. The zero-order valence-electron chi connectivity index (χ0n) is 19.5. The summed E-state index contributed by atoms with van der Waals surface area (Å²) < 4.78 is 0. The number of H-pyrrole nitrogens is 1. The molecule has 0 saturated carbocycles. The molecule has 7 heteroatoms. The number of fused-ring (bicyclic) bond motifs is 1. The predicted octanol–water partition coefficient (Wildman–Crippen LogP) is 2.38. The maximum absolute atomic E-state index is 11.9. The van der Waals surface area contributed by atoms with Crippen molar-refractivity contribution in [1.29, 1.82) is 0 Å². The first-order valence-corrected chi connectivity index (χ1v) is 11.6. The highest BCUT2D eigenvalue weighted by Gasteiger charge is 2.22. The van der Waals surface area contributed by atoms with Gasteiger partial charge < -0.3 is 20.5 Å². The Labute approximate surface area is 186 Å². The highest BCUT2D eigenvalue weighted by Crippen LogP contribution is 2.22. The van der Waals surface area contributed by atoms with E-state index in [0.29, 0.717) is 12.6 Å². The number of likely N-dealkylation sites (N-methyl/N-ethyl adjacent to an activating group) is 1. The maximum Gasteiger partial charge on any atom is 0.236 e. The van der Waals surface area contributed by atoms with Gasteiger partial charge in [-0.15, -0.1) is 0 Å². The molecule has 1 aromatic carbocycles. The van der Waals surface area contributed by atoms with E-state index in [4.69, 9.17) is 4.99 Å². The SMILES string of the molecule is CCNC(=NCCc1c[nH]c2c(CC)cccc12)NC1CCN(CC(=O)N(C)C)CC1. The molecule has 0 spiro atoms. The molecule has 170 valence electrons. The molecule has 0 atom stereocenters. The molecule has 0 radical (unpaired) electrons. The third-order valence-corrected chi connectivity index (χ3v) is 6.05. The molecular weight excluding hydrogens is 388 g/mol. The Morgan fingerprint density at radius 1 is 1.23 bits per heavy atom. The number of para-hydroxylation sites is 1. The van der Waals surface area contributed by atoms with Gasteiger partial charge in [-0.25, -0.2) is 0 Å². The van der Waals surface area contributed by atoms with Crippen LogP contribution in [0, 0.1) is 0 Å². The quantitative estimate of drug-likeness (QED) is 0.448. The number of nitrogens with one attached hydrogen (secondary N) is 3. The fourth-order valence-corrected chi connectivity index (χ4v) is 4.15. The smallest absolute Gasteiger partial charge is 0.236 e. The molecule has 3 N–H and O–H groups in total. The summed E-state index contributed by atoms with van der Waals surface area (Å²) in [5, 5.41) is 8.29. The zero-order chi connectivity index (χ0) is 22.2. The average molecular weight is 427 g/mol. The number of aliphatic imine (C=N–C) groups is 1. The van der Waals surface area contributed by atoms with Crippen LogP contribution in [0.15, 0.2) is 29.4 Å². The van der Waals surface area contributed by atoms with Crippen LogP contribution in [0.3, 0.4) is 0 Å². The van der Waals surface area contributed by atoms with Crippen molar-refractivity contribution >= 4 is 22.8 Å². The summed E-state index contributed by atoms with van der Waals surface area (Å²) in [6.45, 7) is 8.26. The molecule has 0 bridgehead atoms. The van der Waals surface area contributed by atoms with Crippen molar-refractivity contribution in [3.05, 3.63) is 35.5 Å². The Bertz CT molecular complexity index is 879. The Hall–Kier alpha value is -2.54. The first kappa shape index (κ1) is 23.1. The van der Waals surface area contributed by atoms with Gasteiger partial charge in [0.15, 0.2) is 5.96 Å². The van der Waals surface area contributed by atoms with E-state index in [0.717, 1.165) is 57.8 Å². The van der Waals surface area contributed by atoms with Crippen LogP contribution in [-0.4, -0.2) is 79.5 Å². The van der Waals surface area contributed by atoms with Crippen molar-refractivity contribution in [2.45, 2.75) is 45.6 Å². The summed E-state index contributed by atoms with van der Waals surface area (Å²) in [4.78, 5) is 24.1. The molecule has 1 aromatic heterocycles. The summed E-state index contributed by atoms with van der Waals surface area (Å²) in [6.07, 6.45) is 6.12. The lowest BCUT2D eigenvalue weighted by molar-refractivity contribution is -0.130. The summed E-state index contributed by atoms with van der Waals surface area (Å²) >= 11 is 0. The highest BCUT2D eigenvalue weighted by molar-refractivity contribution is 5.86. The van der Waals surface area contributed by atoms with E-state index in [1.54, 1.807) is 4.90 Å². The normalized spacial score (nSPS) is 15.9. The minimum atomic E-state index is 0.171. The van der Waals surface area contributed by atoms with E-state index in [1.807, 2.05) is 14.1 Å². The molecule has 1 saturated heterocycles. The summed E-state index contributed by atoms with van der Waals surface area (Å²) in [7, 11) is 3.63. The largest absolute Gasteiger partial charge is 0.361 e. The molecule has 1 fully saturated rings. The number of piperidine rings is 1. The first-order valence-electron chi connectivity index (χ1n) is 11.6. The molecule has 1 aliphatic rings. The van der Waals surface area contributed by atoms with Gasteiger partial charge in [-0.05, 0) is 43.7 Å². The molecule has 31 heavy (non-hydrogen) atoms. The number of hydrogen-bond donors (Lipinski definition) is 3. The van der Waals surface area contributed by atoms with Gasteiger partial charge >= 0.3 is 0 Å². The fraction of sp³-hybridized carbons (Fsp3) is 0.583. The van der Waals surface area contributed by atoms with Crippen LogP contribution in [0.2, 0.25) is 0 Å². The summed E-state index contributed by atoms with van der Waals surface area (Å²) in [6, 6.07) is 6.92. The third kappa shape index (κ3) is 6.23. The number of benzene rings is 1. The van der Waals surface area contributed by atoms with Gasteiger partial charge in [0.05, 0.1) is 6.54 Å². The van der Waals surface area contributed by atoms with Crippen LogP contribution in [-0.2, 0) is 17.6 Å². The van der Waals surface area contributed by atoms with E-state index in [1.165, 1.54) is 22.0 Å². The van der Waals surface area contributed by atoms with Crippen molar-refractivity contribution in [1.82, 2.24) is 25.4 Å². The van der Waals surface area contributed by atoms with Gasteiger partial charge in [-0.1, -0.05) is 25.1 Å². The highest BCUT2D eigenvalue weighted by atomic mass is 16.2. The number of likely N-dealkylation sites (tertiary alicyclic amines) is 1. The van der Waals surface area contributed by atoms with Gasteiger partial charge in [0.25, 0.3) is 0 Å².